The maximum Gasteiger partial charge on any atom is 0.0223 e. The minimum Gasteiger partial charge on any atom is -0.329 e. The van der Waals surface area contributed by atoms with Crippen molar-refractivity contribution in [3.05, 3.63) is 0 Å². The fraction of sp³-hybridized carbons (Fsp3) is 1.00. The Morgan fingerprint density at radius 3 is 2.53 bits per heavy atom. The molecule has 0 aliphatic carbocycles. The Kier molecular flexibility index (Phi) is 5.07. The van der Waals surface area contributed by atoms with Crippen molar-refractivity contribution in [2.24, 2.45) is 17.6 Å². The predicted molar refractivity (Wildman–Crippen MR) is 66.9 cm³/mol. The molecule has 0 bridgehead atoms. The molecule has 0 amide bonds. The Bertz CT molecular complexity index is 179. The average Bonchev–Trinajstić information content (AvgIpc) is 2.16. The molecular formula is C13H28N2. The molecule has 0 aromatic carbocycles. The van der Waals surface area contributed by atoms with Gasteiger partial charge in [-0.2, -0.15) is 0 Å². The molecule has 90 valence electrons. The van der Waals surface area contributed by atoms with Gasteiger partial charge in [0, 0.05) is 18.6 Å². The van der Waals surface area contributed by atoms with E-state index in [1.807, 2.05) is 0 Å². The van der Waals surface area contributed by atoms with Gasteiger partial charge in [0.1, 0.15) is 0 Å². The van der Waals surface area contributed by atoms with E-state index in [1.54, 1.807) is 0 Å². The van der Waals surface area contributed by atoms with Gasteiger partial charge in [0.15, 0.2) is 0 Å². The van der Waals surface area contributed by atoms with E-state index in [1.165, 1.54) is 25.8 Å². The predicted octanol–water partition coefficient (Wildman–Crippen LogP) is 2.48. The maximum atomic E-state index is 5.88. The standard InChI is InChI=1S/C13H28N2/c1-10(2)7-12(4)15-6-5-11(3)8-13(15)9-14/h10-13H,5-9,14H2,1-4H3. The van der Waals surface area contributed by atoms with E-state index in [2.05, 4.69) is 32.6 Å². The van der Waals surface area contributed by atoms with E-state index in [-0.39, 0.29) is 0 Å². The lowest BCUT2D eigenvalue weighted by molar-refractivity contribution is 0.0740. The second-order valence-electron chi connectivity index (χ2n) is 5.74. The summed E-state index contributed by atoms with van der Waals surface area (Å²) in [5.41, 5.74) is 5.88. The van der Waals surface area contributed by atoms with Crippen molar-refractivity contribution < 1.29 is 0 Å². The fourth-order valence-corrected chi connectivity index (χ4v) is 2.90. The molecule has 0 saturated carbocycles. The zero-order valence-corrected chi connectivity index (χ0v) is 10.9. The summed E-state index contributed by atoms with van der Waals surface area (Å²) in [6.07, 6.45) is 3.93. The van der Waals surface area contributed by atoms with Gasteiger partial charge < -0.3 is 5.73 Å². The smallest absolute Gasteiger partial charge is 0.0223 e. The normalized spacial score (nSPS) is 30.8. The Hall–Kier alpha value is -0.0800. The molecule has 2 nitrogen and oxygen atoms in total. The van der Waals surface area contributed by atoms with Crippen molar-refractivity contribution in [2.45, 2.75) is 59.0 Å². The third-order valence-electron chi connectivity index (χ3n) is 3.67. The van der Waals surface area contributed by atoms with Crippen LogP contribution in [0.5, 0.6) is 0 Å². The maximum absolute atomic E-state index is 5.88. The van der Waals surface area contributed by atoms with E-state index in [0.29, 0.717) is 12.1 Å². The summed E-state index contributed by atoms with van der Waals surface area (Å²) in [5.74, 6) is 1.65. The first-order valence-corrected chi connectivity index (χ1v) is 6.50. The molecule has 0 spiro atoms. The molecule has 1 aliphatic heterocycles. The summed E-state index contributed by atoms with van der Waals surface area (Å²) in [4.78, 5) is 2.64. The lowest BCUT2D eigenvalue weighted by Gasteiger charge is -2.42. The largest absolute Gasteiger partial charge is 0.329 e. The number of piperidine rings is 1. The molecule has 1 heterocycles. The fourth-order valence-electron chi connectivity index (χ4n) is 2.90. The minimum atomic E-state index is 0.627. The highest BCUT2D eigenvalue weighted by molar-refractivity contribution is 4.84. The summed E-state index contributed by atoms with van der Waals surface area (Å²) < 4.78 is 0. The van der Waals surface area contributed by atoms with Crippen LogP contribution in [0.15, 0.2) is 0 Å². The van der Waals surface area contributed by atoms with Gasteiger partial charge in [0.2, 0.25) is 0 Å². The zero-order valence-electron chi connectivity index (χ0n) is 10.9. The van der Waals surface area contributed by atoms with Crippen LogP contribution in [-0.4, -0.2) is 30.1 Å². The quantitative estimate of drug-likeness (QED) is 0.776. The summed E-state index contributed by atoms with van der Waals surface area (Å²) in [7, 11) is 0. The third kappa shape index (κ3) is 3.76. The Morgan fingerprint density at radius 1 is 1.33 bits per heavy atom. The molecule has 0 aromatic rings. The van der Waals surface area contributed by atoms with Gasteiger partial charge in [-0.3, -0.25) is 4.90 Å². The Morgan fingerprint density at radius 2 is 2.00 bits per heavy atom. The van der Waals surface area contributed by atoms with Gasteiger partial charge in [-0.05, 0) is 44.6 Å². The van der Waals surface area contributed by atoms with Gasteiger partial charge in [-0.15, -0.1) is 0 Å². The first-order valence-electron chi connectivity index (χ1n) is 6.50. The highest BCUT2D eigenvalue weighted by atomic mass is 15.2. The molecule has 1 fully saturated rings. The van der Waals surface area contributed by atoms with Crippen molar-refractivity contribution >= 4 is 0 Å². The highest BCUT2D eigenvalue weighted by Gasteiger charge is 2.28. The van der Waals surface area contributed by atoms with E-state index in [0.717, 1.165) is 18.4 Å². The molecule has 2 N–H and O–H groups in total. The molecule has 1 saturated heterocycles. The monoisotopic (exact) mass is 212 g/mol. The van der Waals surface area contributed by atoms with Gasteiger partial charge in [-0.25, -0.2) is 0 Å². The van der Waals surface area contributed by atoms with Crippen molar-refractivity contribution in [1.82, 2.24) is 4.90 Å². The van der Waals surface area contributed by atoms with Gasteiger partial charge in [0.05, 0.1) is 0 Å². The van der Waals surface area contributed by atoms with Gasteiger partial charge in [0.25, 0.3) is 0 Å². The van der Waals surface area contributed by atoms with Crippen molar-refractivity contribution in [2.75, 3.05) is 13.1 Å². The van der Waals surface area contributed by atoms with E-state index in [4.69, 9.17) is 5.73 Å². The number of nitrogens with two attached hydrogens (primary N) is 1. The topological polar surface area (TPSA) is 29.3 Å². The molecular weight excluding hydrogens is 184 g/mol. The van der Waals surface area contributed by atoms with Gasteiger partial charge >= 0.3 is 0 Å². The van der Waals surface area contributed by atoms with Crippen LogP contribution in [0.2, 0.25) is 0 Å². The van der Waals surface area contributed by atoms with Crippen LogP contribution in [0.4, 0.5) is 0 Å². The third-order valence-corrected chi connectivity index (χ3v) is 3.67. The van der Waals surface area contributed by atoms with Crippen molar-refractivity contribution in [3.8, 4) is 0 Å². The molecule has 3 atom stereocenters. The van der Waals surface area contributed by atoms with Crippen molar-refractivity contribution in [3.63, 3.8) is 0 Å². The van der Waals surface area contributed by atoms with E-state index in [9.17, 15) is 0 Å². The van der Waals surface area contributed by atoms with Gasteiger partial charge in [-0.1, -0.05) is 20.8 Å². The lowest BCUT2D eigenvalue weighted by atomic mass is 9.90. The molecule has 1 rings (SSSR count). The zero-order chi connectivity index (χ0) is 11.4. The number of nitrogens with zero attached hydrogens (tertiary/aromatic N) is 1. The molecule has 0 radical (unpaired) electrons. The summed E-state index contributed by atoms with van der Waals surface area (Å²) >= 11 is 0. The first kappa shape index (κ1) is 13.0. The molecule has 0 aromatic heterocycles. The van der Waals surface area contributed by atoms with Crippen LogP contribution >= 0.6 is 0 Å². The SMILES string of the molecule is CC(C)CC(C)N1CCC(C)CC1CN. The minimum absolute atomic E-state index is 0.627. The van der Waals surface area contributed by atoms with Crippen LogP contribution in [-0.2, 0) is 0 Å². The lowest BCUT2D eigenvalue weighted by Crippen LogP contribution is -2.50. The molecule has 15 heavy (non-hydrogen) atoms. The Labute approximate surface area is 95.2 Å². The Balaban J connectivity index is 2.51. The van der Waals surface area contributed by atoms with Crippen LogP contribution in [0.1, 0.15) is 47.0 Å². The van der Waals surface area contributed by atoms with E-state index >= 15 is 0 Å². The first-order chi connectivity index (χ1) is 7.04. The van der Waals surface area contributed by atoms with Crippen molar-refractivity contribution in [1.29, 1.82) is 0 Å². The van der Waals surface area contributed by atoms with Crippen LogP contribution in [0, 0.1) is 11.8 Å². The summed E-state index contributed by atoms with van der Waals surface area (Å²) in [5, 5.41) is 0. The molecule has 3 unspecified atom stereocenters. The number of hydrogen-bond acceptors (Lipinski definition) is 2. The number of rotatable bonds is 4. The second-order valence-corrected chi connectivity index (χ2v) is 5.74. The van der Waals surface area contributed by atoms with Crippen LogP contribution < -0.4 is 5.73 Å². The number of hydrogen-bond donors (Lipinski definition) is 1. The molecule has 1 aliphatic rings. The number of likely N-dealkylation sites (tertiary alicyclic amines) is 1. The molecule has 2 heteroatoms. The van der Waals surface area contributed by atoms with Crippen LogP contribution in [0.25, 0.3) is 0 Å². The highest BCUT2D eigenvalue weighted by Crippen LogP contribution is 2.25. The van der Waals surface area contributed by atoms with E-state index < -0.39 is 0 Å². The summed E-state index contributed by atoms with van der Waals surface area (Å²) in [6.45, 7) is 11.4. The second kappa shape index (κ2) is 5.86. The average molecular weight is 212 g/mol. The summed E-state index contributed by atoms with van der Waals surface area (Å²) in [6, 6.07) is 1.33. The van der Waals surface area contributed by atoms with Crippen LogP contribution in [0.3, 0.4) is 0 Å².